The molecule has 0 aliphatic carbocycles. The molecule has 11 nitrogen and oxygen atoms in total. The van der Waals surface area contributed by atoms with Gasteiger partial charge in [0.15, 0.2) is 0 Å². The minimum Gasteiger partial charge on any atom is -0.508 e. The van der Waals surface area contributed by atoms with Crippen molar-refractivity contribution in [1.29, 1.82) is 0 Å². The summed E-state index contributed by atoms with van der Waals surface area (Å²) in [5, 5.41) is 27.6. The monoisotopic (exact) mass is 601 g/mol. The number of hydrogen-bond acceptors (Lipinski definition) is 8. The van der Waals surface area contributed by atoms with E-state index in [0.717, 1.165) is 22.0 Å². The number of aromatic amines is 1. The number of para-hydroxylation sites is 1. The van der Waals surface area contributed by atoms with Gasteiger partial charge < -0.3 is 36.9 Å². The average molecular weight is 602 g/mol. The zero-order valence-electron chi connectivity index (χ0n) is 22.5. The van der Waals surface area contributed by atoms with Crippen molar-refractivity contribution in [3.63, 3.8) is 0 Å². The number of aliphatic carboxylic acids is 1. The van der Waals surface area contributed by atoms with Crippen LogP contribution in [0.15, 0.2) is 54.7 Å². The maximum Gasteiger partial charge on any atom is 0.327 e. The highest BCUT2D eigenvalue weighted by Crippen LogP contribution is 2.19. The van der Waals surface area contributed by atoms with Gasteiger partial charge in [-0.05, 0) is 54.2 Å². The Labute approximate surface area is 247 Å². The lowest BCUT2D eigenvalue weighted by molar-refractivity contribution is -0.141. The van der Waals surface area contributed by atoms with E-state index in [-0.39, 0.29) is 30.8 Å². The van der Waals surface area contributed by atoms with E-state index in [2.05, 4.69) is 33.6 Å². The molecule has 0 aliphatic rings. The predicted octanol–water partition coefficient (Wildman–Crippen LogP) is 1.21. The van der Waals surface area contributed by atoms with Crippen molar-refractivity contribution in [3.05, 3.63) is 65.9 Å². The van der Waals surface area contributed by atoms with Crippen molar-refractivity contribution >= 4 is 59.0 Å². The quantitative estimate of drug-likeness (QED) is 0.119. The molecule has 0 saturated carbocycles. The van der Waals surface area contributed by atoms with Crippen molar-refractivity contribution in [2.45, 2.75) is 43.4 Å². The van der Waals surface area contributed by atoms with Crippen LogP contribution in [0.4, 0.5) is 0 Å². The molecule has 0 saturated heterocycles. The lowest BCUT2D eigenvalue weighted by Gasteiger charge is -2.25. The number of nitrogens with two attached hydrogens (primary N) is 1. The molecular weight excluding hydrogens is 566 g/mol. The highest BCUT2D eigenvalue weighted by atomic mass is 32.2. The molecule has 0 bridgehead atoms. The maximum atomic E-state index is 13.6. The molecule has 13 heteroatoms. The van der Waals surface area contributed by atoms with Gasteiger partial charge in [-0.1, -0.05) is 30.3 Å². The van der Waals surface area contributed by atoms with Gasteiger partial charge in [0.2, 0.25) is 17.7 Å². The lowest BCUT2D eigenvalue weighted by atomic mass is 10.0. The van der Waals surface area contributed by atoms with E-state index in [0.29, 0.717) is 5.75 Å². The number of amides is 3. The number of phenolic OH excluding ortho intramolecular Hbond substituents is 1. The van der Waals surface area contributed by atoms with Gasteiger partial charge in [0.25, 0.3) is 0 Å². The number of aromatic nitrogens is 1. The van der Waals surface area contributed by atoms with Crippen molar-refractivity contribution in [1.82, 2.24) is 20.9 Å². The maximum absolute atomic E-state index is 13.6. The largest absolute Gasteiger partial charge is 0.508 e. The van der Waals surface area contributed by atoms with Crippen molar-refractivity contribution in [2.24, 2.45) is 5.73 Å². The van der Waals surface area contributed by atoms with Crippen LogP contribution in [0.25, 0.3) is 10.9 Å². The summed E-state index contributed by atoms with van der Waals surface area (Å²) in [6.07, 6.45) is 4.13. The SMILES string of the molecule is CSCCC(NC(=O)C(Cc1c[nH]c2ccccc12)NC(=O)C(N)Cc1ccc(O)cc1)C(=O)NC(CS)C(=O)O. The Balaban J connectivity index is 1.81. The Hall–Kier alpha value is -3.68. The first-order valence-corrected chi connectivity index (χ1v) is 15.0. The zero-order valence-corrected chi connectivity index (χ0v) is 24.2. The number of carboxylic acids is 1. The fourth-order valence-corrected chi connectivity index (χ4v) is 4.94. The highest BCUT2D eigenvalue weighted by molar-refractivity contribution is 7.98. The summed E-state index contributed by atoms with van der Waals surface area (Å²) in [6, 6.07) is 9.50. The van der Waals surface area contributed by atoms with E-state index in [1.165, 1.54) is 23.9 Å². The minimum atomic E-state index is -1.24. The van der Waals surface area contributed by atoms with Crippen LogP contribution < -0.4 is 21.7 Å². The molecule has 41 heavy (non-hydrogen) atoms. The van der Waals surface area contributed by atoms with E-state index in [4.69, 9.17) is 5.73 Å². The molecule has 3 amide bonds. The van der Waals surface area contributed by atoms with Crippen LogP contribution in [0, 0.1) is 0 Å². The Morgan fingerprint density at radius 2 is 1.56 bits per heavy atom. The molecule has 0 fully saturated rings. The fourth-order valence-electron chi connectivity index (χ4n) is 4.22. The number of nitrogens with one attached hydrogen (secondary N) is 4. The van der Waals surface area contributed by atoms with Crippen LogP contribution in [-0.2, 0) is 32.0 Å². The molecule has 220 valence electrons. The van der Waals surface area contributed by atoms with E-state index in [9.17, 15) is 29.4 Å². The summed E-state index contributed by atoms with van der Waals surface area (Å²) in [5.41, 5.74) is 8.54. The number of carboxylic acid groups (broad SMARTS) is 1. The highest BCUT2D eigenvalue weighted by Gasteiger charge is 2.30. The number of carbonyl (C=O) groups is 4. The van der Waals surface area contributed by atoms with Gasteiger partial charge in [0.05, 0.1) is 6.04 Å². The number of hydrogen-bond donors (Lipinski definition) is 8. The van der Waals surface area contributed by atoms with Crippen LogP contribution in [0.1, 0.15) is 17.5 Å². The summed E-state index contributed by atoms with van der Waals surface area (Å²) in [6.45, 7) is 0. The van der Waals surface area contributed by atoms with E-state index < -0.39 is 47.9 Å². The molecule has 4 unspecified atom stereocenters. The molecular formula is C28H35N5O6S2. The van der Waals surface area contributed by atoms with E-state index >= 15 is 0 Å². The van der Waals surface area contributed by atoms with Crippen LogP contribution >= 0.6 is 24.4 Å². The van der Waals surface area contributed by atoms with Gasteiger partial charge in [-0.25, -0.2) is 4.79 Å². The first-order chi connectivity index (χ1) is 19.6. The molecule has 2 aromatic carbocycles. The molecule has 0 radical (unpaired) electrons. The second-order valence-corrected chi connectivity index (χ2v) is 10.9. The van der Waals surface area contributed by atoms with Crippen molar-refractivity contribution < 1.29 is 29.4 Å². The lowest BCUT2D eigenvalue weighted by Crippen LogP contribution is -2.58. The molecule has 1 aromatic heterocycles. The van der Waals surface area contributed by atoms with Gasteiger partial charge in [0, 0.05) is 29.3 Å². The molecule has 3 aromatic rings. The summed E-state index contributed by atoms with van der Waals surface area (Å²) >= 11 is 5.45. The number of thiol groups is 1. The Morgan fingerprint density at radius 1 is 0.927 bits per heavy atom. The van der Waals surface area contributed by atoms with Gasteiger partial charge in [0.1, 0.15) is 23.9 Å². The summed E-state index contributed by atoms with van der Waals surface area (Å²) in [5.74, 6) is -2.59. The Kier molecular flexibility index (Phi) is 11.9. The second kappa shape index (κ2) is 15.4. The normalized spacial score (nSPS) is 14.0. The number of aromatic hydroxyl groups is 1. The number of carbonyl (C=O) groups excluding carboxylic acids is 3. The third-order valence-corrected chi connectivity index (χ3v) is 7.51. The summed E-state index contributed by atoms with van der Waals surface area (Å²) in [4.78, 5) is 54.3. The molecule has 1 heterocycles. The fraction of sp³-hybridized carbons (Fsp3) is 0.357. The number of benzene rings is 2. The second-order valence-electron chi connectivity index (χ2n) is 9.53. The standard InChI is InChI=1S/C28H35N5O6S2/c1-41-11-10-22(26(36)33-24(15-40)28(38)39)31-27(37)23(13-17-14-30-21-5-3-2-4-19(17)21)32-25(35)20(29)12-16-6-8-18(34)9-7-16/h2-9,14,20,22-24,30,34,40H,10-13,15,29H2,1H3,(H,31,37)(H,32,35)(H,33,36)(H,38,39). The average Bonchev–Trinajstić information content (AvgIpc) is 3.36. The predicted molar refractivity (Wildman–Crippen MR) is 162 cm³/mol. The summed E-state index contributed by atoms with van der Waals surface area (Å²) in [7, 11) is 0. The molecule has 0 spiro atoms. The van der Waals surface area contributed by atoms with Crippen molar-refractivity contribution in [3.8, 4) is 5.75 Å². The smallest absolute Gasteiger partial charge is 0.327 e. The topological polar surface area (TPSA) is 187 Å². The van der Waals surface area contributed by atoms with Gasteiger partial charge >= 0.3 is 5.97 Å². The number of H-pyrrole nitrogens is 1. The number of phenols is 1. The minimum absolute atomic E-state index is 0.0892. The van der Waals surface area contributed by atoms with Crippen LogP contribution in [0.5, 0.6) is 5.75 Å². The molecule has 8 N–H and O–H groups in total. The van der Waals surface area contributed by atoms with Crippen LogP contribution in [0.2, 0.25) is 0 Å². The first kappa shape index (κ1) is 31.8. The van der Waals surface area contributed by atoms with Gasteiger partial charge in [-0.2, -0.15) is 24.4 Å². The molecule has 3 rings (SSSR count). The summed E-state index contributed by atoms with van der Waals surface area (Å²) < 4.78 is 0. The number of thioether (sulfide) groups is 1. The Bertz CT molecular complexity index is 1350. The third-order valence-electron chi connectivity index (χ3n) is 6.50. The number of rotatable bonds is 15. The molecule has 4 atom stereocenters. The van der Waals surface area contributed by atoms with Crippen LogP contribution in [0.3, 0.4) is 0 Å². The Morgan fingerprint density at radius 3 is 2.22 bits per heavy atom. The van der Waals surface area contributed by atoms with E-state index in [1.807, 2.05) is 30.5 Å². The first-order valence-electron chi connectivity index (χ1n) is 12.9. The number of fused-ring (bicyclic) bond motifs is 1. The van der Waals surface area contributed by atoms with Gasteiger partial charge in [-0.3, -0.25) is 14.4 Å². The van der Waals surface area contributed by atoms with Crippen molar-refractivity contribution in [2.75, 3.05) is 17.8 Å². The molecule has 0 aliphatic heterocycles. The van der Waals surface area contributed by atoms with Gasteiger partial charge in [-0.15, -0.1) is 0 Å². The zero-order chi connectivity index (χ0) is 29.9. The third kappa shape index (κ3) is 9.17. The van der Waals surface area contributed by atoms with E-state index in [1.54, 1.807) is 18.3 Å². The van der Waals surface area contributed by atoms with Crippen LogP contribution in [-0.4, -0.2) is 80.8 Å².